The number of benzene rings is 1. The van der Waals surface area contributed by atoms with Crippen LogP contribution in [-0.2, 0) is 0 Å². The van der Waals surface area contributed by atoms with E-state index in [4.69, 9.17) is 27.9 Å². The van der Waals surface area contributed by atoms with Crippen LogP contribution < -0.4 is 10.1 Å². The van der Waals surface area contributed by atoms with E-state index in [-0.39, 0.29) is 6.61 Å². The minimum absolute atomic E-state index is 0.166. The minimum Gasteiger partial charge on any atom is -0.488 e. The van der Waals surface area contributed by atoms with Crippen molar-refractivity contribution in [2.24, 2.45) is 5.92 Å². The highest BCUT2D eigenvalue weighted by Crippen LogP contribution is 2.32. The van der Waals surface area contributed by atoms with Gasteiger partial charge in [0.2, 0.25) is 0 Å². The van der Waals surface area contributed by atoms with Crippen LogP contribution in [0.2, 0.25) is 10.0 Å². The zero-order valence-corrected chi connectivity index (χ0v) is 13.5. The second kappa shape index (κ2) is 9.46. The molecular weight excluding hydrogens is 297 g/mol. The second-order valence-corrected chi connectivity index (χ2v) is 5.67. The predicted octanol–water partition coefficient (Wildman–Crippen LogP) is 3.76. The van der Waals surface area contributed by atoms with Crippen molar-refractivity contribution in [1.82, 2.24) is 5.32 Å². The Labute approximate surface area is 131 Å². The lowest BCUT2D eigenvalue weighted by Crippen LogP contribution is -2.34. The molecule has 0 fully saturated rings. The van der Waals surface area contributed by atoms with Crippen LogP contribution in [0.25, 0.3) is 0 Å². The van der Waals surface area contributed by atoms with E-state index in [1.807, 2.05) is 0 Å². The van der Waals surface area contributed by atoms with Crippen molar-refractivity contribution in [3.8, 4) is 5.75 Å². The van der Waals surface area contributed by atoms with Gasteiger partial charge in [-0.2, -0.15) is 0 Å². The van der Waals surface area contributed by atoms with Gasteiger partial charge in [0.25, 0.3) is 0 Å². The molecule has 0 saturated heterocycles. The summed E-state index contributed by atoms with van der Waals surface area (Å²) in [5.74, 6) is 1.08. The lowest BCUT2D eigenvalue weighted by atomic mass is 10.0. The fourth-order valence-corrected chi connectivity index (χ4v) is 2.40. The van der Waals surface area contributed by atoms with Crippen LogP contribution in [0.5, 0.6) is 5.75 Å². The highest BCUT2D eigenvalue weighted by atomic mass is 35.5. The van der Waals surface area contributed by atoms with Crippen LogP contribution >= 0.6 is 23.2 Å². The zero-order chi connectivity index (χ0) is 15.0. The SMILES string of the molecule is CCC(CC)CNCC(O)COc1c(Cl)cccc1Cl. The monoisotopic (exact) mass is 319 g/mol. The number of hydrogen-bond acceptors (Lipinski definition) is 3. The number of aliphatic hydroxyl groups excluding tert-OH is 1. The van der Waals surface area contributed by atoms with E-state index in [0.717, 1.165) is 19.4 Å². The van der Waals surface area contributed by atoms with E-state index >= 15 is 0 Å². The molecule has 0 bridgehead atoms. The molecule has 0 radical (unpaired) electrons. The highest BCUT2D eigenvalue weighted by Gasteiger charge is 2.11. The molecule has 3 nitrogen and oxygen atoms in total. The summed E-state index contributed by atoms with van der Waals surface area (Å²) >= 11 is 12.0. The summed E-state index contributed by atoms with van der Waals surface area (Å²) in [5.41, 5.74) is 0. The molecule has 1 aromatic carbocycles. The molecule has 0 aromatic heterocycles. The van der Waals surface area contributed by atoms with E-state index in [9.17, 15) is 5.11 Å². The van der Waals surface area contributed by atoms with Crippen LogP contribution in [0, 0.1) is 5.92 Å². The number of ether oxygens (including phenoxy) is 1. The van der Waals surface area contributed by atoms with Crippen molar-refractivity contribution in [3.05, 3.63) is 28.2 Å². The van der Waals surface area contributed by atoms with E-state index in [0.29, 0.717) is 28.3 Å². The predicted molar refractivity (Wildman–Crippen MR) is 84.9 cm³/mol. The molecule has 20 heavy (non-hydrogen) atoms. The number of rotatable bonds is 9. The smallest absolute Gasteiger partial charge is 0.156 e. The third-order valence-electron chi connectivity index (χ3n) is 3.31. The highest BCUT2D eigenvalue weighted by molar-refractivity contribution is 6.37. The van der Waals surface area contributed by atoms with Crippen molar-refractivity contribution in [2.75, 3.05) is 19.7 Å². The van der Waals surface area contributed by atoms with Gasteiger partial charge in [0.1, 0.15) is 12.7 Å². The first-order valence-corrected chi connectivity index (χ1v) is 7.79. The molecule has 1 rings (SSSR count). The third-order valence-corrected chi connectivity index (χ3v) is 3.90. The molecule has 114 valence electrons. The molecular formula is C15H23Cl2NO2. The fraction of sp³-hybridized carbons (Fsp3) is 0.600. The van der Waals surface area contributed by atoms with Crippen LogP contribution in [0.3, 0.4) is 0 Å². The summed E-state index contributed by atoms with van der Waals surface area (Å²) in [5, 5.41) is 14.0. The Morgan fingerprint density at radius 2 is 1.75 bits per heavy atom. The third kappa shape index (κ3) is 5.88. The van der Waals surface area contributed by atoms with Gasteiger partial charge in [-0.15, -0.1) is 0 Å². The largest absolute Gasteiger partial charge is 0.488 e. The van der Waals surface area contributed by atoms with Crippen LogP contribution in [-0.4, -0.2) is 30.9 Å². The Bertz CT molecular complexity index is 377. The second-order valence-electron chi connectivity index (χ2n) is 4.86. The molecule has 0 aliphatic rings. The molecule has 0 aliphatic heterocycles. The van der Waals surface area contributed by atoms with Crippen molar-refractivity contribution in [2.45, 2.75) is 32.8 Å². The summed E-state index contributed by atoms with van der Waals surface area (Å²) in [6.07, 6.45) is 1.70. The summed E-state index contributed by atoms with van der Waals surface area (Å²) in [4.78, 5) is 0. The van der Waals surface area contributed by atoms with E-state index < -0.39 is 6.10 Å². The topological polar surface area (TPSA) is 41.5 Å². The molecule has 1 atom stereocenters. The molecule has 2 N–H and O–H groups in total. The van der Waals surface area contributed by atoms with Gasteiger partial charge in [0.05, 0.1) is 10.0 Å². The Morgan fingerprint density at radius 3 is 2.30 bits per heavy atom. The molecule has 0 spiro atoms. The fourth-order valence-electron chi connectivity index (χ4n) is 1.89. The number of halogens is 2. The maximum absolute atomic E-state index is 9.88. The van der Waals surface area contributed by atoms with Gasteiger partial charge in [-0.1, -0.05) is 56.0 Å². The Hall–Kier alpha value is -0.480. The standard InChI is InChI=1S/C15H23Cl2NO2/c1-3-11(4-2)8-18-9-12(19)10-20-15-13(16)6-5-7-14(15)17/h5-7,11-12,18-19H,3-4,8-10H2,1-2H3. The van der Waals surface area contributed by atoms with Gasteiger partial charge >= 0.3 is 0 Å². The van der Waals surface area contributed by atoms with Crippen LogP contribution in [0.1, 0.15) is 26.7 Å². The van der Waals surface area contributed by atoms with Gasteiger partial charge in [-0.25, -0.2) is 0 Å². The first kappa shape index (κ1) is 17.6. The molecule has 5 heteroatoms. The molecule has 0 amide bonds. The molecule has 0 aliphatic carbocycles. The van der Waals surface area contributed by atoms with Gasteiger partial charge in [-0.05, 0) is 24.6 Å². The Morgan fingerprint density at radius 1 is 1.15 bits per heavy atom. The van der Waals surface area contributed by atoms with Crippen molar-refractivity contribution in [3.63, 3.8) is 0 Å². The maximum Gasteiger partial charge on any atom is 0.156 e. The first-order valence-electron chi connectivity index (χ1n) is 7.04. The van der Waals surface area contributed by atoms with Gasteiger partial charge in [0, 0.05) is 6.54 Å². The normalized spacial score (nSPS) is 12.7. The minimum atomic E-state index is -0.586. The van der Waals surface area contributed by atoms with E-state index in [2.05, 4.69) is 19.2 Å². The van der Waals surface area contributed by atoms with Crippen LogP contribution in [0.15, 0.2) is 18.2 Å². The molecule has 0 heterocycles. The van der Waals surface area contributed by atoms with Gasteiger partial charge < -0.3 is 15.2 Å². The molecule has 1 aromatic rings. The Balaban J connectivity index is 2.31. The number of nitrogens with one attached hydrogen (secondary N) is 1. The maximum atomic E-state index is 9.88. The van der Waals surface area contributed by atoms with Gasteiger partial charge in [0.15, 0.2) is 5.75 Å². The van der Waals surface area contributed by atoms with Gasteiger partial charge in [-0.3, -0.25) is 0 Å². The average molecular weight is 320 g/mol. The van der Waals surface area contributed by atoms with Crippen molar-refractivity contribution >= 4 is 23.2 Å². The Kier molecular flexibility index (Phi) is 8.31. The summed E-state index contributed by atoms with van der Waals surface area (Å²) in [7, 11) is 0. The zero-order valence-electron chi connectivity index (χ0n) is 12.0. The molecule has 0 saturated carbocycles. The van der Waals surface area contributed by atoms with Crippen molar-refractivity contribution in [1.29, 1.82) is 0 Å². The van der Waals surface area contributed by atoms with Crippen molar-refractivity contribution < 1.29 is 9.84 Å². The first-order chi connectivity index (χ1) is 9.58. The molecule has 1 unspecified atom stereocenters. The average Bonchev–Trinajstić information content (AvgIpc) is 2.43. The lowest BCUT2D eigenvalue weighted by Gasteiger charge is -2.17. The summed E-state index contributed by atoms with van der Waals surface area (Å²) in [6.45, 7) is 5.93. The number of hydrogen-bond donors (Lipinski definition) is 2. The lowest BCUT2D eigenvalue weighted by molar-refractivity contribution is 0.105. The summed E-state index contributed by atoms with van der Waals surface area (Å²) in [6, 6.07) is 5.17. The van der Waals surface area contributed by atoms with E-state index in [1.54, 1.807) is 18.2 Å². The summed E-state index contributed by atoms with van der Waals surface area (Å²) < 4.78 is 5.49. The number of aliphatic hydroxyl groups is 1. The van der Waals surface area contributed by atoms with Crippen LogP contribution in [0.4, 0.5) is 0 Å². The quantitative estimate of drug-likeness (QED) is 0.728. The van der Waals surface area contributed by atoms with E-state index in [1.165, 1.54) is 0 Å². The number of para-hydroxylation sites is 1.